The highest BCUT2D eigenvalue weighted by atomic mass is 16.2. The molecule has 5 rings (SSSR count). The monoisotopic (exact) mass is 517 g/mol. The van der Waals surface area contributed by atoms with Gasteiger partial charge in [0.15, 0.2) is 0 Å². The molecule has 2 saturated heterocycles. The van der Waals surface area contributed by atoms with Crippen molar-refractivity contribution in [3.63, 3.8) is 0 Å². The molecular weight excluding hydrogens is 474 g/mol. The largest absolute Gasteiger partial charge is 0.348 e. The second kappa shape index (κ2) is 11.0. The Bertz CT molecular complexity index is 1180. The molecule has 8 heteroatoms. The molecular formula is C30H43N7O. The molecule has 2 aromatic heterocycles. The molecule has 8 nitrogen and oxygen atoms in total. The summed E-state index contributed by atoms with van der Waals surface area (Å²) in [6.45, 7) is 14.3. The number of aromatic amines is 1. The van der Waals surface area contributed by atoms with E-state index in [9.17, 15) is 4.79 Å². The fraction of sp³-hybridized carbons (Fsp3) is 0.567. The molecule has 0 unspecified atom stereocenters. The van der Waals surface area contributed by atoms with Crippen LogP contribution in [0.1, 0.15) is 67.6 Å². The van der Waals surface area contributed by atoms with Gasteiger partial charge in [0.25, 0.3) is 5.91 Å². The Balaban J connectivity index is 1.18. The van der Waals surface area contributed by atoms with E-state index in [1.165, 1.54) is 18.4 Å². The number of rotatable bonds is 8. The molecule has 2 aliphatic rings. The van der Waals surface area contributed by atoms with Crippen molar-refractivity contribution in [1.29, 1.82) is 0 Å². The van der Waals surface area contributed by atoms with Crippen LogP contribution in [-0.4, -0.2) is 72.8 Å². The van der Waals surface area contributed by atoms with Gasteiger partial charge in [0.1, 0.15) is 11.6 Å². The first-order chi connectivity index (χ1) is 18.2. The van der Waals surface area contributed by atoms with Gasteiger partial charge in [-0.2, -0.15) is 0 Å². The number of piperidine rings is 1. The van der Waals surface area contributed by atoms with Gasteiger partial charge < -0.3 is 19.4 Å². The van der Waals surface area contributed by atoms with E-state index < -0.39 is 0 Å². The van der Waals surface area contributed by atoms with E-state index in [2.05, 4.69) is 62.6 Å². The number of imidazole rings is 2. The second-order valence-electron chi connectivity index (χ2n) is 12.6. The maximum Gasteiger partial charge on any atom is 0.253 e. The third-order valence-electron chi connectivity index (χ3n) is 8.16. The Morgan fingerprint density at radius 2 is 1.74 bits per heavy atom. The van der Waals surface area contributed by atoms with Crippen molar-refractivity contribution in [2.45, 2.75) is 59.7 Å². The van der Waals surface area contributed by atoms with Gasteiger partial charge in [0.05, 0.1) is 13.1 Å². The van der Waals surface area contributed by atoms with Crippen LogP contribution in [0, 0.1) is 10.8 Å². The zero-order valence-electron chi connectivity index (χ0n) is 23.5. The van der Waals surface area contributed by atoms with Crippen LogP contribution in [0.2, 0.25) is 0 Å². The average Bonchev–Trinajstić information content (AvgIpc) is 3.63. The first kappa shape index (κ1) is 26.6. The number of carbonyl (C=O) groups excluding carboxylic acids is 1. The minimum atomic E-state index is 0.172. The zero-order valence-corrected chi connectivity index (χ0v) is 23.5. The first-order valence-corrected chi connectivity index (χ1v) is 14.0. The lowest BCUT2D eigenvalue weighted by Crippen LogP contribution is -2.44. The Kier molecular flexibility index (Phi) is 7.73. The molecule has 3 aromatic rings. The van der Waals surface area contributed by atoms with Crippen LogP contribution in [0.25, 0.3) is 0 Å². The molecule has 1 aromatic carbocycles. The molecule has 4 heterocycles. The number of aromatic nitrogens is 4. The quantitative estimate of drug-likeness (QED) is 0.482. The summed E-state index contributed by atoms with van der Waals surface area (Å²) in [4.78, 5) is 32.5. The summed E-state index contributed by atoms with van der Waals surface area (Å²) < 4.78 is 2.05. The normalized spacial score (nSPS) is 18.1. The van der Waals surface area contributed by atoms with E-state index in [1.54, 1.807) is 6.20 Å². The number of likely N-dealkylation sites (tertiary alicyclic amines) is 2. The van der Waals surface area contributed by atoms with Crippen molar-refractivity contribution in [3.05, 3.63) is 71.8 Å². The fourth-order valence-corrected chi connectivity index (χ4v) is 6.08. The van der Waals surface area contributed by atoms with Crippen LogP contribution in [0.15, 0.2) is 49.1 Å². The van der Waals surface area contributed by atoms with Crippen LogP contribution in [0.4, 0.5) is 0 Å². The third-order valence-corrected chi connectivity index (χ3v) is 8.16. The Morgan fingerprint density at radius 3 is 2.37 bits per heavy atom. The maximum absolute atomic E-state index is 13.4. The molecule has 0 saturated carbocycles. The predicted octanol–water partition coefficient (Wildman–Crippen LogP) is 4.32. The minimum Gasteiger partial charge on any atom is -0.348 e. The van der Waals surface area contributed by atoms with Crippen molar-refractivity contribution in [3.8, 4) is 0 Å². The maximum atomic E-state index is 13.4. The number of nitrogens with zero attached hydrogens (tertiary/aromatic N) is 6. The lowest BCUT2D eigenvalue weighted by molar-refractivity contribution is 0.0674. The number of hydrogen-bond donors (Lipinski definition) is 1. The van der Waals surface area contributed by atoms with Gasteiger partial charge in [0.2, 0.25) is 0 Å². The van der Waals surface area contributed by atoms with Gasteiger partial charge in [-0.15, -0.1) is 0 Å². The average molecular weight is 518 g/mol. The van der Waals surface area contributed by atoms with Gasteiger partial charge >= 0.3 is 0 Å². The van der Waals surface area contributed by atoms with E-state index in [4.69, 9.17) is 0 Å². The highest BCUT2D eigenvalue weighted by molar-refractivity contribution is 5.94. The molecule has 1 spiro atoms. The van der Waals surface area contributed by atoms with Gasteiger partial charge in [-0.25, -0.2) is 9.97 Å². The van der Waals surface area contributed by atoms with E-state index >= 15 is 0 Å². The molecule has 0 aliphatic carbocycles. The number of aryl methyl sites for hydroxylation is 1. The molecule has 1 amide bonds. The van der Waals surface area contributed by atoms with Gasteiger partial charge in [-0.3, -0.25) is 9.69 Å². The summed E-state index contributed by atoms with van der Waals surface area (Å²) >= 11 is 0. The van der Waals surface area contributed by atoms with Crippen LogP contribution in [0.5, 0.6) is 0 Å². The summed E-state index contributed by atoms with van der Waals surface area (Å²) in [7, 11) is 2.02. The molecule has 204 valence electrons. The molecule has 38 heavy (non-hydrogen) atoms. The van der Waals surface area contributed by atoms with Gasteiger partial charge in [-0.1, -0.05) is 32.9 Å². The number of amides is 1. The minimum absolute atomic E-state index is 0.172. The van der Waals surface area contributed by atoms with E-state index in [1.807, 2.05) is 42.3 Å². The topological polar surface area (TPSA) is 73.3 Å². The summed E-state index contributed by atoms with van der Waals surface area (Å²) in [5.74, 6) is 2.11. The van der Waals surface area contributed by atoms with Crippen molar-refractivity contribution >= 4 is 5.91 Å². The Hall–Kier alpha value is -2.97. The number of benzene rings is 1. The van der Waals surface area contributed by atoms with Crippen molar-refractivity contribution in [1.82, 2.24) is 34.2 Å². The number of hydrogen-bond acceptors (Lipinski definition) is 5. The van der Waals surface area contributed by atoms with Crippen LogP contribution < -0.4 is 0 Å². The highest BCUT2D eigenvalue weighted by Gasteiger charge is 2.42. The van der Waals surface area contributed by atoms with Crippen LogP contribution >= 0.6 is 0 Å². The second-order valence-corrected chi connectivity index (χ2v) is 12.6. The first-order valence-electron chi connectivity index (χ1n) is 14.0. The molecule has 0 radical (unpaired) electrons. The van der Waals surface area contributed by atoms with E-state index in [0.717, 1.165) is 62.9 Å². The molecule has 2 aliphatic heterocycles. The molecule has 2 fully saturated rings. The Labute approximate surface area is 227 Å². The molecule has 0 bridgehead atoms. The van der Waals surface area contributed by atoms with Crippen LogP contribution in [0.3, 0.4) is 0 Å². The standard InChI is InChI=1S/C30H43N7O/c1-29(2,3)22-35-15-9-30(10-16-35)11-17-37(23-30)28(38)25-7-5-24(6-8-25)19-36(20-26-31-12-13-32-26)21-27-33-14-18-34(27)4/h5-8,12-14,18H,9-11,15-17,19-23H2,1-4H3,(H,31,32). The van der Waals surface area contributed by atoms with Gasteiger partial charge in [0, 0.05) is 63.6 Å². The smallest absolute Gasteiger partial charge is 0.253 e. The van der Waals surface area contributed by atoms with E-state index in [0.29, 0.717) is 23.9 Å². The molecule has 0 atom stereocenters. The predicted molar refractivity (Wildman–Crippen MR) is 149 cm³/mol. The highest BCUT2D eigenvalue weighted by Crippen LogP contribution is 2.41. The summed E-state index contributed by atoms with van der Waals surface area (Å²) in [6, 6.07) is 8.19. The van der Waals surface area contributed by atoms with E-state index in [-0.39, 0.29) is 5.91 Å². The molecule has 1 N–H and O–H groups in total. The van der Waals surface area contributed by atoms with Gasteiger partial charge in [-0.05, 0) is 60.9 Å². The number of carbonyl (C=O) groups is 1. The fourth-order valence-electron chi connectivity index (χ4n) is 6.08. The number of H-pyrrole nitrogens is 1. The lowest BCUT2D eigenvalue weighted by atomic mass is 9.77. The van der Waals surface area contributed by atoms with Crippen molar-refractivity contribution < 1.29 is 4.79 Å². The summed E-state index contributed by atoms with van der Waals surface area (Å²) in [5.41, 5.74) is 2.60. The third kappa shape index (κ3) is 6.53. The van der Waals surface area contributed by atoms with Crippen molar-refractivity contribution in [2.24, 2.45) is 17.9 Å². The number of nitrogens with one attached hydrogen (secondary N) is 1. The Morgan fingerprint density at radius 1 is 1.00 bits per heavy atom. The van der Waals surface area contributed by atoms with Crippen molar-refractivity contribution in [2.75, 3.05) is 32.7 Å². The summed E-state index contributed by atoms with van der Waals surface area (Å²) in [6.07, 6.45) is 11.0. The summed E-state index contributed by atoms with van der Waals surface area (Å²) in [5, 5.41) is 0. The zero-order chi connectivity index (χ0) is 26.8. The van der Waals surface area contributed by atoms with Crippen LogP contribution in [-0.2, 0) is 26.7 Å². The SMILES string of the molecule is Cn1ccnc1CN(Cc1ccc(C(=O)N2CCC3(CCN(CC(C)(C)C)CC3)C2)cc1)Cc1ncc[nH]1. The lowest BCUT2D eigenvalue weighted by Gasteiger charge is -2.41.